The Labute approximate surface area is 132 Å². The fourth-order valence-corrected chi connectivity index (χ4v) is 4.27. The molecule has 0 atom stereocenters. The zero-order valence-corrected chi connectivity index (χ0v) is 13.9. The number of sulfonamides is 1. The van der Waals surface area contributed by atoms with Gasteiger partial charge in [0.1, 0.15) is 4.99 Å². The zero-order chi connectivity index (χ0) is 15.5. The predicted octanol–water partition coefficient (Wildman–Crippen LogP) is 2.42. The van der Waals surface area contributed by atoms with Gasteiger partial charge in [0.15, 0.2) is 0 Å². The van der Waals surface area contributed by atoms with Crippen LogP contribution in [-0.4, -0.2) is 30.3 Å². The standard InChI is InChI=1S/C15H22N2O2S2/c1-2-3-10-17(14-8-9-14)21(18,19)11-12-4-6-13(7-5-12)15(16)20/h4-7,14H,2-3,8-11H2,1H3,(H2,16,20). The molecule has 4 nitrogen and oxygen atoms in total. The molecule has 2 N–H and O–H groups in total. The summed E-state index contributed by atoms with van der Waals surface area (Å²) in [4.78, 5) is 0.326. The topological polar surface area (TPSA) is 63.4 Å². The molecule has 0 bridgehead atoms. The van der Waals surface area contributed by atoms with Crippen LogP contribution >= 0.6 is 12.2 Å². The average Bonchev–Trinajstić information content (AvgIpc) is 3.23. The Balaban J connectivity index is 2.09. The molecule has 0 spiro atoms. The van der Waals surface area contributed by atoms with Crippen LogP contribution in [-0.2, 0) is 15.8 Å². The first-order valence-electron chi connectivity index (χ1n) is 7.32. The van der Waals surface area contributed by atoms with Crippen molar-refractivity contribution in [3.63, 3.8) is 0 Å². The van der Waals surface area contributed by atoms with Crippen LogP contribution in [0.25, 0.3) is 0 Å². The van der Waals surface area contributed by atoms with E-state index in [0.717, 1.165) is 36.8 Å². The van der Waals surface area contributed by atoms with E-state index >= 15 is 0 Å². The Hall–Kier alpha value is -0.980. The lowest BCUT2D eigenvalue weighted by Crippen LogP contribution is -2.35. The summed E-state index contributed by atoms with van der Waals surface area (Å²) in [6, 6.07) is 7.35. The molecule has 1 aliphatic carbocycles. The Morgan fingerprint density at radius 2 is 1.95 bits per heavy atom. The van der Waals surface area contributed by atoms with Crippen LogP contribution < -0.4 is 5.73 Å². The van der Waals surface area contributed by atoms with E-state index in [4.69, 9.17) is 18.0 Å². The van der Waals surface area contributed by atoms with Crippen molar-refractivity contribution in [1.29, 1.82) is 0 Å². The molecule has 1 saturated carbocycles. The van der Waals surface area contributed by atoms with Crippen LogP contribution in [0.5, 0.6) is 0 Å². The highest BCUT2D eigenvalue weighted by Gasteiger charge is 2.36. The third-order valence-corrected chi connectivity index (χ3v) is 5.76. The highest BCUT2D eigenvalue weighted by atomic mass is 32.2. The number of thiocarbonyl (C=S) groups is 1. The van der Waals surface area contributed by atoms with Gasteiger partial charge in [-0.25, -0.2) is 8.42 Å². The molecule has 2 rings (SSSR count). The molecular formula is C15H22N2O2S2. The van der Waals surface area contributed by atoms with Gasteiger partial charge in [0.2, 0.25) is 10.0 Å². The lowest BCUT2D eigenvalue weighted by Gasteiger charge is -2.21. The molecule has 0 aliphatic heterocycles. The number of unbranched alkanes of at least 4 members (excludes halogenated alkanes) is 1. The number of benzene rings is 1. The van der Waals surface area contributed by atoms with Crippen LogP contribution in [0.2, 0.25) is 0 Å². The van der Waals surface area contributed by atoms with Gasteiger partial charge in [-0.1, -0.05) is 49.8 Å². The number of nitrogens with two attached hydrogens (primary N) is 1. The van der Waals surface area contributed by atoms with Gasteiger partial charge < -0.3 is 5.73 Å². The Bertz CT molecular complexity index is 593. The van der Waals surface area contributed by atoms with E-state index in [9.17, 15) is 8.42 Å². The Morgan fingerprint density at radius 3 is 2.43 bits per heavy atom. The van der Waals surface area contributed by atoms with Crippen molar-refractivity contribution in [2.75, 3.05) is 6.54 Å². The summed E-state index contributed by atoms with van der Waals surface area (Å²) >= 11 is 4.90. The molecule has 1 aromatic rings. The maximum atomic E-state index is 12.6. The van der Waals surface area contributed by atoms with Crippen LogP contribution in [0.4, 0.5) is 0 Å². The molecular weight excluding hydrogens is 304 g/mol. The van der Waals surface area contributed by atoms with E-state index in [1.807, 2.05) is 0 Å². The van der Waals surface area contributed by atoms with Crippen molar-refractivity contribution in [1.82, 2.24) is 4.31 Å². The predicted molar refractivity (Wildman–Crippen MR) is 89.6 cm³/mol. The van der Waals surface area contributed by atoms with Crippen molar-refractivity contribution in [3.05, 3.63) is 35.4 Å². The SMILES string of the molecule is CCCCN(C1CC1)S(=O)(=O)Cc1ccc(C(N)=S)cc1. The lowest BCUT2D eigenvalue weighted by atomic mass is 10.1. The summed E-state index contributed by atoms with van der Waals surface area (Å²) in [5, 5.41) is 0. The number of rotatable bonds is 8. The fraction of sp³-hybridized carbons (Fsp3) is 0.533. The number of nitrogens with zero attached hydrogens (tertiary/aromatic N) is 1. The zero-order valence-electron chi connectivity index (χ0n) is 12.3. The third kappa shape index (κ3) is 4.49. The monoisotopic (exact) mass is 326 g/mol. The van der Waals surface area contributed by atoms with Crippen LogP contribution in [0, 0.1) is 0 Å². The van der Waals surface area contributed by atoms with Crippen LogP contribution in [0.15, 0.2) is 24.3 Å². The minimum absolute atomic E-state index is 0.0465. The first-order chi connectivity index (χ1) is 9.94. The largest absolute Gasteiger partial charge is 0.389 e. The molecule has 0 aromatic heterocycles. The second kappa shape index (κ2) is 6.85. The molecule has 0 heterocycles. The summed E-state index contributed by atoms with van der Waals surface area (Å²) in [7, 11) is -3.25. The molecule has 0 amide bonds. The molecule has 6 heteroatoms. The molecule has 1 aliphatic rings. The van der Waals surface area contributed by atoms with Gasteiger partial charge in [0.25, 0.3) is 0 Å². The molecule has 0 unspecified atom stereocenters. The number of hydrogen-bond donors (Lipinski definition) is 1. The van der Waals surface area contributed by atoms with Crippen LogP contribution in [0.3, 0.4) is 0 Å². The molecule has 0 saturated heterocycles. The van der Waals surface area contributed by atoms with E-state index in [-0.39, 0.29) is 11.8 Å². The van der Waals surface area contributed by atoms with E-state index in [1.54, 1.807) is 28.6 Å². The van der Waals surface area contributed by atoms with Crippen molar-refractivity contribution < 1.29 is 8.42 Å². The molecule has 1 aromatic carbocycles. The van der Waals surface area contributed by atoms with Crippen molar-refractivity contribution in [2.24, 2.45) is 5.73 Å². The third-order valence-electron chi connectivity index (χ3n) is 3.63. The molecule has 21 heavy (non-hydrogen) atoms. The highest BCUT2D eigenvalue weighted by molar-refractivity contribution is 7.88. The smallest absolute Gasteiger partial charge is 0.218 e. The fourth-order valence-electron chi connectivity index (χ4n) is 2.28. The first kappa shape index (κ1) is 16.4. The van der Waals surface area contributed by atoms with Gasteiger partial charge in [-0.2, -0.15) is 4.31 Å². The first-order valence-corrected chi connectivity index (χ1v) is 9.34. The van der Waals surface area contributed by atoms with Crippen molar-refractivity contribution in [2.45, 2.75) is 44.4 Å². The summed E-state index contributed by atoms with van der Waals surface area (Å²) in [6.45, 7) is 2.71. The molecule has 116 valence electrons. The molecule has 0 radical (unpaired) electrons. The van der Waals surface area contributed by atoms with Crippen molar-refractivity contribution >= 4 is 27.2 Å². The maximum absolute atomic E-state index is 12.6. The summed E-state index contributed by atoms with van der Waals surface area (Å²) in [6.07, 6.45) is 3.89. The van der Waals surface area contributed by atoms with Gasteiger partial charge in [-0.3, -0.25) is 0 Å². The van der Waals surface area contributed by atoms with E-state index in [2.05, 4.69) is 6.92 Å². The average molecular weight is 326 g/mol. The summed E-state index contributed by atoms with van der Waals surface area (Å²) in [5.74, 6) is 0.0465. The lowest BCUT2D eigenvalue weighted by molar-refractivity contribution is 0.395. The van der Waals surface area contributed by atoms with Crippen molar-refractivity contribution in [3.8, 4) is 0 Å². The Kier molecular flexibility index (Phi) is 5.35. The van der Waals surface area contributed by atoms with Gasteiger partial charge >= 0.3 is 0 Å². The summed E-state index contributed by atoms with van der Waals surface area (Å²) < 4.78 is 26.9. The number of hydrogen-bond acceptors (Lipinski definition) is 3. The normalized spacial score (nSPS) is 15.3. The van der Waals surface area contributed by atoms with E-state index in [1.165, 1.54) is 0 Å². The van der Waals surface area contributed by atoms with Crippen LogP contribution in [0.1, 0.15) is 43.7 Å². The van der Waals surface area contributed by atoms with Gasteiger partial charge in [-0.05, 0) is 24.8 Å². The molecule has 1 fully saturated rings. The summed E-state index contributed by atoms with van der Waals surface area (Å²) in [5.41, 5.74) is 7.08. The van der Waals surface area contributed by atoms with Gasteiger partial charge in [-0.15, -0.1) is 0 Å². The Morgan fingerprint density at radius 1 is 1.33 bits per heavy atom. The highest BCUT2D eigenvalue weighted by Crippen LogP contribution is 2.30. The van der Waals surface area contributed by atoms with E-state index < -0.39 is 10.0 Å². The minimum Gasteiger partial charge on any atom is -0.389 e. The van der Waals surface area contributed by atoms with Gasteiger partial charge in [0, 0.05) is 18.2 Å². The van der Waals surface area contributed by atoms with Gasteiger partial charge in [0.05, 0.1) is 5.75 Å². The van der Waals surface area contributed by atoms with E-state index in [0.29, 0.717) is 11.5 Å². The minimum atomic E-state index is -3.25. The quantitative estimate of drug-likeness (QED) is 0.745. The second-order valence-electron chi connectivity index (χ2n) is 5.51. The second-order valence-corrected chi connectivity index (χ2v) is 7.87. The maximum Gasteiger partial charge on any atom is 0.218 e.